The Labute approximate surface area is 193 Å². The topological polar surface area (TPSA) is 72.2 Å². The van der Waals surface area contributed by atoms with Crippen molar-refractivity contribution in [3.63, 3.8) is 0 Å². The van der Waals surface area contributed by atoms with Crippen molar-refractivity contribution in [2.45, 2.75) is 43.9 Å². The number of alkyl halides is 3. The number of carbonyl (C=O) groups is 2. The molecule has 1 saturated carbocycles. The fraction of sp³-hybridized carbons (Fsp3) is 0.280. The number of Topliss-reactive ketones (excluding diaryl/α,β-unsaturated/α-hetero) is 1. The minimum atomic E-state index is -4.46. The molecule has 1 aromatic heterocycles. The van der Waals surface area contributed by atoms with E-state index in [1.54, 1.807) is 12.1 Å². The van der Waals surface area contributed by atoms with Crippen LogP contribution in [0.1, 0.15) is 41.1 Å². The number of halogens is 3. The van der Waals surface area contributed by atoms with Crippen LogP contribution in [0.2, 0.25) is 0 Å². The minimum absolute atomic E-state index is 0.0201. The van der Waals surface area contributed by atoms with Crippen molar-refractivity contribution in [3.8, 4) is 11.1 Å². The molecule has 1 fully saturated rings. The van der Waals surface area contributed by atoms with Crippen LogP contribution in [0.4, 0.5) is 13.2 Å². The van der Waals surface area contributed by atoms with E-state index in [0.717, 1.165) is 36.1 Å². The van der Waals surface area contributed by atoms with Gasteiger partial charge in [0.2, 0.25) is 5.91 Å². The van der Waals surface area contributed by atoms with E-state index >= 15 is 0 Å². The lowest BCUT2D eigenvalue weighted by molar-refractivity contribution is -0.137. The van der Waals surface area contributed by atoms with Gasteiger partial charge in [-0.25, -0.2) is 0 Å². The third-order valence-electron chi connectivity index (χ3n) is 5.57. The van der Waals surface area contributed by atoms with E-state index in [0.29, 0.717) is 16.7 Å². The highest BCUT2D eigenvalue weighted by Gasteiger charge is 2.30. The van der Waals surface area contributed by atoms with Gasteiger partial charge in [0.1, 0.15) is 11.8 Å². The van der Waals surface area contributed by atoms with Gasteiger partial charge >= 0.3 is 6.18 Å². The summed E-state index contributed by atoms with van der Waals surface area (Å²) in [6.07, 6.45) is -2.66. The highest BCUT2D eigenvalue weighted by atomic mass is 32.1. The average molecular weight is 473 g/mol. The molecule has 2 aromatic carbocycles. The van der Waals surface area contributed by atoms with Gasteiger partial charge in [-0.05, 0) is 63.6 Å². The van der Waals surface area contributed by atoms with Crippen LogP contribution in [0.3, 0.4) is 0 Å². The Hall–Kier alpha value is -2.97. The summed E-state index contributed by atoms with van der Waals surface area (Å²) in [6, 6.07) is 11.4. The van der Waals surface area contributed by atoms with E-state index < -0.39 is 17.8 Å². The van der Waals surface area contributed by atoms with Crippen LogP contribution >= 0.6 is 11.3 Å². The molecule has 1 amide bonds. The van der Waals surface area contributed by atoms with Gasteiger partial charge in [0.25, 0.3) is 0 Å². The Bertz CT molecular complexity index is 1150. The van der Waals surface area contributed by atoms with Crippen LogP contribution in [0.15, 0.2) is 59.3 Å². The van der Waals surface area contributed by atoms with Gasteiger partial charge in [-0.3, -0.25) is 9.59 Å². The fourth-order valence-electron chi connectivity index (χ4n) is 3.68. The van der Waals surface area contributed by atoms with Crippen molar-refractivity contribution in [2.24, 2.45) is 5.73 Å². The first-order chi connectivity index (χ1) is 15.7. The van der Waals surface area contributed by atoms with Gasteiger partial charge in [-0.2, -0.15) is 24.5 Å². The number of hydrogen-bond acceptors (Lipinski definition) is 4. The van der Waals surface area contributed by atoms with Crippen LogP contribution in [-0.4, -0.2) is 17.7 Å². The zero-order valence-electron chi connectivity index (χ0n) is 17.7. The molecular weight excluding hydrogens is 449 g/mol. The molecule has 33 heavy (non-hydrogen) atoms. The molecule has 1 aliphatic rings. The first-order valence-electron chi connectivity index (χ1n) is 10.6. The highest BCUT2D eigenvalue weighted by Crippen LogP contribution is 2.31. The molecule has 4 rings (SSSR count). The first kappa shape index (κ1) is 23.2. The second-order valence-electron chi connectivity index (χ2n) is 8.28. The van der Waals surface area contributed by atoms with Gasteiger partial charge in [0.05, 0.1) is 5.56 Å². The normalized spacial score (nSPS) is 14.7. The standard InChI is InChI=1S/C25H23F3N2O2S/c26-25(27,28)19-3-1-2-15(10-19)11-21(31)13-18-12-16(23(29)24(32)30-20-5-6-20)4-7-22(18)17-8-9-33-14-17/h1-4,7-10,12,14,20,23H,5-6,11,13,29H2,(H,30,32). The predicted octanol–water partition coefficient (Wildman–Crippen LogP) is 5.07. The van der Waals surface area contributed by atoms with Crippen molar-refractivity contribution in [1.82, 2.24) is 5.32 Å². The third kappa shape index (κ3) is 5.89. The van der Waals surface area contributed by atoms with E-state index in [1.807, 2.05) is 22.9 Å². The lowest BCUT2D eigenvalue weighted by atomic mass is 9.92. The number of carbonyl (C=O) groups excluding carboxylic acids is 2. The Balaban J connectivity index is 1.56. The SMILES string of the molecule is NC(C(=O)NC1CC1)c1ccc(-c2ccsc2)c(CC(=O)Cc2cccc(C(F)(F)F)c2)c1. The second kappa shape index (κ2) is 9.49. The van der Waals surface area contributed by atoms with Gasteiger partial charge in [-0.15, -0.1) is 0 Å². The maximum absolute atomic E-state index is 13.0. The van der Waals surface area contributed by atoms with E-state index in [4.69, 9.17) is 5.73 Å². The summed E-state index contributed by atoms with van der Waals surface area (Å²) in [5.74, 6) is -0.485. The Morgan fingerprint density at radius 1 is 1.09 bits per heavy atom. The summed E-state index contributed by atoms with van der Waals surface area (Å²) in [6.45, 7) is 0. The van der Waals surface area contributed by atoms with E-state index in [-0.39, 0.29) is 30.6 Å². The quantitative estimate of drug-likeness (QED) is 0.481. The maximum Gasteiger partial charge on any atom is 0.416 e. The van der Waals surface area contributed by atoms with Crippen molar-refractivity contribution in [3.05, 3.63) is 81.5 Å². The number of amides is 1. The lowest BCUT2D eigenvalue weighted by Gasteiger charge is -2.16. The van der Waals surface area contributed by atoms with Crippen molar-refractivity contribution < 1.29 is 22.8 Å². The molecular formula is C25H23F3N2O2S. The Morgan fingerprint density at radius 3 is 2.55 bits per heavy atom. The number of benzene rings is 2. The predicted molar refractivity (Wildman–Crippen MR) is 122 cm³/mol. The molecule has 4 nitrogen and oxygen atoms in total. The molecule has 172 valence electrons. The first-order valence-corrected chi connectivity index (χ1v) is 11.5. The maximum atomic E-state index is 13.0. The molecule has 1 heterocycles. The largest absolute Gasteiger partial charge is 0.416 e. The molecule has 1 atom stereocenters. The number of nitrogens with one attached hydrogen (secondary N) is 1. The van der Waals surface area contributed by atoms with Crippen molar-refractivity contribution in [1.29, 1.82) is 0 Å². The second-order valence-corrected chi connectivity index (χ2v) is 9.06. The number of rotatable bonds is 8. The molecule has 0 bridgehead atoms. The number of nitrogens with two attached hydrogens (primary N) is 1. The Morgan fingerprint density at radius 2 is 1.88 bits per heavy atom. The summed E-state index contributed by atoms with van der Waals surface area (Å²) >= 11 is 1.52. The van der Waals surface area contributed by atoms with Crippen molar-refractivity contribution in [2.75, 3.05) is 0 Å². The molecule has 3 aromatic rings. The van der Waals surface area contributed by atoms with Gasteiger partial charge in [-0.1, -0.05) is 36.4 Å². The smallest absolute Gasteiger partial charge is 0.352 e. The summed E-state index contributed by atoms with van der Waals surface area (Å²) in [5, 5.41) is 6.76. The average Bonchev–Trinajstić information content (AvgIpc) is 3.41. The van der Waals surface area contributed by atoms with Crippen LogP contribution < -0.4 is 11.1 Å². The van der Waals surface area contributed by atoms with E-state index in [1.165, 1.54) is 23.5 Å². The van der Waals surface area contributed by atoms with Gasteiger partial charge in [0, 0.05) is 18.9 Å². The minimum Gasteiger partial charge on any atom is -0.352 e. The summed E-state index contributed by atoms with van der Waals surface area (Å²) in [7, 11) is 0. The van der Waals surface area contributed by atoms with Crippen molar-refractivity contribution >= 4 is 23.0 Å². The zero-order valence-corrected chi connectivity index (χ0v) is 18.5. The summed E-state index contributed by atoms with van der Waals surface area (Å²) < 4.78 is 39.0. The van der Waals surface area contributed by atoms with Crippen LogP contribution in [-0.2, 0) is 28.6 Å². The molecule has 1 unspecified atom stereocenters. The molecule has 1 aliphatic carbocycles. The molecule has 0 saturated heterocycles. The molecule has 0 aliphatic heterocycles. The number of hydrogen-bond donors (Lipinski definition) is 2. The van der Waals surface area contributed by atoms with Gasteiger partial charge in [0.15, 0.2) is 0 Å². The van der Waals surface area contributed by atoms with E-state index in [9.17, 15) is 22.8 Å². The van der Waals surface area contributed by atoms with Crippen LogP contribution in [0.25, 0.3) is 11.1 Å². The molecule has 0 radical (unpaired) electrons. The van der Waals surface area contributed by atoms with E-state index in [2.05, 4.69) is 5.32 Å². The lowest BCUT2D eigenvalue weighted by Crippen LogP contribution is -2.35. The molecule has 8 heteroatoms. The third-order valence-corrected chi connectivity index (χ3v) is 6.25. The zero-order chi connectivity index (χ0) is 23.6. The highest BCUT2D eigenvalue weighted by molar-refractivity contribution is 7.08. The van der Waals surface area contributed by atoms with Gasteiger partial charge < -0.3 is 11.1 Å². The molecule has 0 spiro atoms. The fourth-order valence-corrected chi connectivity index (χ4v) is 4.34. The van der Waals surface area contributed by atoms with Crippen LogP contribution in [0, 0.1) is 0 Å². The monoisotopic (exact) mass is 472 g/mol. The molecule has 3 N–H and O–H groups in total. The summed E-state index contributed by atoms with van der Waals surface area (Å²) in [5.41, 5.74) is 8.75. The van der Waals surface area contributed by atoms with Crippen LogP contribution in [0.5, 0.6) is 0 Å². The summed E-state index contributed by atoms with van der Waals surface area (Å²) in [4.78, 5) is 25.2. The number of thiophene rings is 1. The number of ketones is 1. The Kier molecular flexibility index (Phi) is 6.67.